The summed E-state index contributed by atoms with van der Waals surface area (Å²) in [5, 5.41) is 21.2. The van der Waals surface area contributed by atoms with Crippen LogP contribution in [0, 0.1) is 11.8 Å². The second kappa shape index (κ2) is 10.3. The molecule has 10 nitrogen and oxygen atoms in total. The van der Waals surface area contributed by atoms with Crippen molar-refractivity contribution in [3.8, 4) is 5.75 Å². The van der Waals surface area contributed by atoms with Crippen LogP contribution in [0.3, 0.4) is 0 Å². The van der Waals surface area contributed by atoms with Gasteiger partial charge in [0.05, 0.1) is 33.1 Å². The van der Waals surface area contributed by atoms with E-state index >= 15 is 0 Å². The predicted molar refractivity (Wildman–Crippen MR) is 134 cm³/mol. The average Bonchev–Trinajstić information content (AvgIpc) is 3.15. The minimum atomic E-state index is 0.0877. The van der Waals surface area contributed by atoms with Crippen molar-refractivity contribution in [2.45, 2.75) is 51.4 Å². The van der Waals surface area contributed by atoms with Gasteiger partial charge in [0.1, 0.15) is 16.8 Å². The first-order chi connectivity index (χ1) is 17.1. The highest BCUT2D eigenvalue weighted by Crippen LogP contribution is 2.44. The summed E-state index contributed by atoms with van der Waals surface area (Å²) in [4.78, 5) is 8.84. The molecule has 0 bridgehead atoms. The fourth-order valence-electron chi connectivity index (χ4n) is 5.19. The van der Waals surface area contributed by atoms with Gasteiger partial charge in [0, 0.05) is 42.6 Å². The molecule has 5 N–H and O–H groups in total. The van der Waals surface area contributed by atoms with E-state index in [0.29, 0.717) is 42.2 Å². The number of nitrogen functional groups attached to an aromatic ring is 1. The lowest BCUT2D eigenvalue weighted by atomic mass is 10.1. The Labute approximate surface area is 205 Å². The molecule has 188 valence electrons. The molecule has 1 aromatic carbocycles. The van der Waals surface area contributed by atoms with Crippen LogP contribution in [0.5, 0.6) is 5.75 Å². The molecule has 4 atom stereocenters. The van der Waals surface area contributed by atoms with E-state index < -0.39 is 0 Å². The molecule has 3 heterocycles. The van der Waals surface area contributed by atoms with Gasteiger partial charge in [-0.05, 0) is 24.5 Å². The summed E-state index contributed by atoms with van der Waals surface area (Å²) >= 11 is 0. The maximum Gasteiger partial charge on any atom is 0.222 e. The Kier molecular flexibility index (Phi) is 7.03. The lowest BCUT2D eigenvalue weighted by Crippen LogP contribution is -2.22. The number of aliphatic hydroxyl groups is 1. The monoisotopic (exact) mass is 481 g/mol. The van der Waals surface area contributed by atoms with Crippen molar-refractivity contribution in [2.24, 2.45) is 11.8 Å². The zero-order chi connectivity index (χ0) is 24.4. The summed E-state index contributed by atoms with van der Waals surface area (Å²) in [7, 11) is 1.70. The number of hydrogen-bond acceptors (Lipinski definition) is 9. The molecule has 35 heavy (non-hydrogen) atoms. The van der Waals surface area contributed by atoms with Gasteiger partial charge in [0.2, 0.25) is 5.95 Å². The van der Waals surface area contributed by atoms with Crippen molar-refractivity contribution in [2.75, 3.05) is 38.0 Å². The Morgan fingerprint density at radius 1 is 1.26 bits per heavy atom. The first-order valence-corrected chi connectivity index (χ1v) is 12.4. The van der Waals surface area contributed by atoms with Crippen LogP contribution in [0.15, 0.2) is 24.4 Å². The summed E-state index contributed by atoms with van der Waals surface area (Å²) in [6.07, 6.45) is 4.25. The largest absolute Gasteiger partial charge is 0.496 e. The smallest absolute Gasteiger partial charge is 0.222 e. The number of benzene rings is 1. The molecule has 1 aliphatic carbocycles. The summed E-state index contributed by atoms with van der Waals surface area (Å²) < 4.78 is 13.1. The van der Waals surface area contributed by atoms with Gasteiger partial charge in [-0.3, -0.25) is 4.68 Å². The molecule has 0 spiro atoms. The highest BCUT2D eigenvalue weighted by atomic mass is 16.5. The van der Waals surface area contributed by atoms with Gasteiger partial charge >= 0.3 is 0 Å². The van der Waals surface area contributed by atoms with Gasteiger partial charge in [-0.1, -0.05) is 25.5 Å². The Morgan fingerprint density at radius 3 is 2.83 bits per heavy atom. The molecule has 5 rings (SSSR count). The highest BCUT2D eigenvalue weighted by Gasteiger charge is 2.53. The van der Waals surface area contributed by atoms with Gasteiger partial charge in [0.25, 0.3) is 0 Å². The van der Waals surface area contributed by atoms with E-state index in [9.17, 15) is 5.11 Å². The number of methoxy groups -OCH3 is 1. The molecule has 0 unspecified atom stereocenters. The third-order valence-electron chi connectivity index (χ3n) is 7.13. The van der Waals surface area contributed by atoms with Crippen LogP contribution in [0.25, 0.3) is 11.0 Å². The summed E-state index contributed by atoms with van der Waals surface area (Å²) in [6, 6.07) is 6.99. The fourth-order valence-corrected chi connectivity index (χ4v) is 5.19. The van der Waals surface area contributed by atoms with Crippen molar-refractivity contribution >= 4 is 22.8 Å². The van der Waals surface area contributed by atoms with Crippen molar-refractivity contribution in [1.82, 2.24) is 25.1 Å². The molecule has 2 aliphatic rings. The lowest BCUT2D eigenvalue weighted by Gasteiger charge is -2.19. The second-order valence-electron chi connectivity index (χ2n) is 9.53. The predicted octanol–water partition coefficient (Wildman–Crippen LogP) is 2.16. The molecule has 0 radical (unpaired) electrons. The molecule has 2 fully saturated rings. The number of nitrogens with zero attached hydrogens (tertiary/aromatic N) is 4. The number of nitrogens with one attached hydrogen (secondary N) is 2. The standard InChI is InChI=1S/C25H35N7O3/c1-3-4-17(7-8-33)29-24-23-20(30-25(26)31-24)11-28-32(23)12-16-6-5-15(9-21(16)34-2)10-27-22-18-13-35-14-19(18)22/h5-6,9,11,17-19,22,27,33H,3-4,7-8,10,12-14H2,1-2H3,(H3,26,29,30,31)/t17-,18-,19+,22+/m0/s1. The first kappa shape index (κ1) is 23.8. The Hall–Kier alpha value is -2.95. The third-order valence-corrected chi connectivity index (χ3v) is 7.13. The third kappa shape index (κ3) is 5.05. The maximum absolute atomic E-state index is 9.47. The number of anilines is 2. The highest BCUT2D eigenvalue weighted by molar-refractivity contribution is 5.86. The molecule has 1 saturated heterocycles. The molecular weight excluding hydrogens is 446 g/mol. The minimum absolute atomic E-state index is 0.0877. The molecule has 0 amide bonds. The SMILES string of the molecule is CCC[C@@H](CCO)Nc1nc(N)nc2cnn(Cc3ccc(CN[C@H]4[C@@H]5COC[C@@H]54)cc3OC)c12. The topological polar surface area (TPSA) is 132 Å². The van der Waals surface area contributed by atoms with Crippen LogP contribution in [0.2, 0.25) is 0 Å². The van der Waals surface area contributed by atoms with E-state index in [1.807, 2.05) is 4.68 Å². The fraction of sp³-hybridized carbons (Fsp3) is 0.560. The maximum atomic E-state index is 9.47. The molecule has 10 heteroatoms. The quantitative estimate of drug-likeness (QED) is 0.307. The summed E-state index contributed by atoms with van der Waals surface area (Å²) in [6.45, 7) is 5.31. The number of rotatable bonds is 12. The lowest BCUT2D eigenvalue weighted by molar-refractivity contribution is 0.156. The van der Waals surface area contributed by atoms with E-state index in [1.165, 1.54) is 5.56 Å². The number of fused-ring (bicyclic) bond motifs is 2. The Bertz CT molecular complexity index is 1150. The minimum Gasteiger partial charge on any atom is -0.496 e. The van der Waals surface area contributed by atoms with E-state index in [1.54, 1.807) is 13.3 Å². The number of hydrogen-bond donors (Lipinski definition) is 4. The molecular formula is C25H35N7O3. The number of aliphatic hydroxyl groups excluding tert-OH is 1. The second-order valence-corrected chi connectivity index (χ2v) is 9.53. The van der Waals surface area contributed by atoms with Crippen LogP contribution >= 0.6 is 0 Å². The summed E-state index contributed by atoms with van der Waals surface area (Å²) in [5.74, 6) is 3.01. The zero-order valence-corrected chi connectivity index (χ0v) is 20.4. The molecule has 2 aromatic heterocycles. The van der Waals surface area contributed by atoms with Gasteiger partial charge in [-0.25, -0.2) is 4.98 Å². The van der Waals surface area contributed by atoms with Crippen LogP contribution in [0.4, 0.5) is 11.8 Å². The normalized spacial score (nSPS) is 21.7. The average molecular weight is 482 g/mol. The van der Waals surface area contributed by atoms with Crippen LogP contribution in [-0.4, -0.2) is 63.9 Å². The van der Waals surface area contributed by atoms with Crippen LogP contribution in [-0.2, 0) is 17.8 Å². The number of aromatic nitrogens is 4. The number of nitrogens with two attached hydrogens (primary N) is 1. The zero-order valence-electron chi connectivity index (χ0n) is 20.4. The van der Waals surface area contributed by atoms with Gasteiger partial charge in [-0.15, -0.1) is 0 Å². The van der Waals surface area contributed by atoms with E-state index in [0.717, 1.165) is 49.4 Å². The molecule has 1 aliphatic heterocycles. The van der Waals surface area contributed by atoms with E-state index in [4.69, 9.17) is 15.2 Å². The van der Waals surface area contributed by atoms with E-state index in [-0.39, 0.29) is 18.6 Å². The van der Waals surface area contributed by atoms with Crippen molar-refractivity contribution in [3.63, 3.8) is 0 Å². The van der Waals surface area contributed by atoms with Gasteiger partial charge in [0.15, 0.2) is 5.82 Å². The van der Waals surface area contributed by atoms with Gasteiger partial charge in [-0.2, -0.15) is 10.1 Å². The Morgan fingerprint density at radius 2 is 2.09 bits per heavy atom. The van der Waals surface area contributed by atoms with Crippen molar-refractivity contribution in [3.05, 3.63) is 35.5 Å². The van der Waals surface area contributed by atoms with E-state index in [2.05, 4.69) is 50.8 Å². The van der Waals surface area contributed by atoms with Crippen molar-refractivity contribution in [1.29, 1.82) is 0 Å². The van der Waals surface area contributed by atoms with Gasteiger partial charge < -0.3 is 30.9 Å². The van der Waals surface area contributed by atoms with Crippen LogP contribution in [0.1, 0.15) is 37.3 Å². The summed E-state index contributed by atoms with van der Waals surface area (Å²) in [5.41, 5.74) is 9.64. The Balaban J connectivity index is 1.35. The van der Waals surface area contributed by atoms with Crippen molar-refractivity contribution < 1.29 is 14.6 Å². The molecule has 1 saturated carbocycles. The van der Waals surface area contributed by atoms with Crippen LogP contribution < -0.4 is 21.1 Å². The molecule has 3 aromatic rings. The first-order valence-electron chi connectivity index (χ1n) is 12.4. The number of ether oxygens (including phenoxy) is 2.